The molecule has 2 aromatic carbocycles. The SMILES string of the molecule is CCOc1cc(/C(O)=C2\C(=O)C(=O)N(Cc3ccccn3)C2c2ccccc2C)ccc1Cl. The summed E-state index contributed by atoms with van der Waals surface area (Å²) in [4.78, 5) is 32.1. The summed E-state index contributed by atoms with van der Waals surface area (Å²) < 4.78 is 5.53. The molecule has 1 aromatic heterocycles. The lowest BCUT2D eigenvalue weighted by Gasteiger charge is -2.26. The highest BCUT2D eigenvalue weighted by molar-refractivity contribution is 6.46. The van der Waals surface area contributed by atoms with Gasteiger partial charge in [0.15, 0.2) is 0 Å². The third kappa shape index (κ3) is 4.34. The number of pyridine rings is 1. The van der Waals surface area contributed by atoms with E-state index in [-0.39, 0.29) is 17.9 Å². The molecule has 168 valence electrons. The zero-order chi connectivity index (χ0) is 23.5. The molecule has 0 saturated carbocycles. The van der Waals surface area contributed by atoms with Gasteiger partial charge in [-0.15, -0.1) is 0 Å². The van der Waals surface area contributed by atoms with Gasteiger partial charge in [-0.2, -0.15) is 0 Å². The van der Waals surface area contributed by atoms with E-state index in [0.717, 1.165) is 11.1 Å². The molecule has 4 rings (SSSR count). The van der Waals surface area contributed by atoms with Crippen molar-refractivity contribution in [1.29, 1.82) is 0 Å². The van der Waals surface area contributed by atoms with E-state index in [1.807, 2.05) is 44.2 Å². The molecule has 1 aliphatic rings. The van der Waals surface area contributed by atoms with Crippen LogP contribution in [0.15, 0.2) is 72.4 Å². The molecule has 0 radical (unpaired) electrons. The molecule has 7 heteroatoms. The summed E-state index contributed by atoms with van der Waals surface area (Å²) in [5.41, 5.74) is 2.66. The minimum absolute atomic E-state index is 0.0232. The maximum Gasteiger partial charge on any atom is 0.296 e. The van der Waals surface area contributed by atoms with Crippen molar-refractivity contribution < 1.29 is 19.4 Å². The lowest BCUT2D eigenvalue weighted by atomic mass is 9.92. The summed E-state index contributed by atoms with van der Waals surface area (Å²) in [7, 11) is 0. The number of hydrogen-bond acceptors (Lipinski definition) is 5. The van der Waals surface area contributed by atoms with Gasteiger partial charge in [0.05, 0.1) is 35.5 Å². The van der Waals surface area contributed by atoms with Crippen LogP contribution in [0.4, 0.5) is 0 Å². The number of halogens is 1. The molecule has 1 saturated heterocycles. The Morgan fingerprint density at radius 1 is 1.12 bits per heavy atom. The Hall–Kier alpha value is -3.64. The molecule has 1 aliphatic heterocycles. The van der Waals surface area contributed by atoms with Crippen molar-refractivity contribution in [1.82, 2.24) is 9.88 Å². The fraction of sp³-hybridized carbons (Fsp3) is 0.192. The van der Waals surface area contributed by atoms with Gasteiger partial charge in [-0.1, -0.05) is 41.9 Å². The number of ether oxygens (including phenoxy) is 1. The Morgan fingerprint density at radius 3 is 2.58 bits per heavy atom. The maximum atomic E-state index is 13.2. The molecule has 0 bridgehead atoms. The highest BCUT2D eigenvalue weighted by Gasteiger charge is 2.46. The number of Topliss-reactive ketones (excluding diaryl/α,β-unsaturated/α-hetero) is 1. The average Bonchev–Trinajstić information content (AvgIpc) is 3.06. The Bertz CT molecular complexity index is 1240. The predicted molar refractivity (Wildman–Crippen MR) is 126 cm³/mol. The lowest BCUT2D eigenvalue weighted by molar-refractivity contribution is -0.140. The predicted octanol–water partition coefficient (Wildman–Crippen LogP) is 5.06. The molecule has 1 atom stereocenters. The van der Waals surface area contributed by atoms with Crippen molar-refractivity contribution in [2.45, 2.75) is 26.4 Å². The summed E-state index contributed by atoms with van der Waals surface area (Å²) in [6.07, 6.45) is 1.64. The largest absolute Gasteiger partial charge is 0.507 e. The smallest absolute Gasteiger partial charge is 0.296 e. The van der Waals surface area contributed by atoms with Gasteiger partial charge in [0, 0.05) is 11.8 Å². The summed E-state index contributed by atoms with van der Waals surface area (Å²) in [6.45, 7) is 4.25. The number of aliphatic hydroxyl groups excluding tert-OH is 1. The number of amides is 1. The first-order valence-corrected chi connectivity index (χ1v) is 11.0. The number of aliphatic hydroxyl groups is 1. The number of hydrogen-bond donors (Lipinski definition) is 1. The van der Waals surface area contributed by atoms with Gasteiger partial charge in [-0.3, -0.25) is 14.6 Å². The molecule has 2 heterocycles. The van der Waals surface area contributed by atoms with Gasteiger partial charge in [0.2, 0.25) is 0 Å². The molecule has 1 fully saturated rings. The van der Waals surface area contributed by atoms with Gasteiger partial charge in [0.25, 0.3) is 11.7 Å². The second-order valence-corrected chi connectivity index (χ2v) is 8.09. The molecule has 1 amide bonds. The number of aryl methyl sites for hydroxylation is 1. The van der Waals surface area contributed by atoms with Gasteiger partial charge in [0.1, 0.15) is 11.5 Å². The number of carbonyl (C=O) groups excluding carboxylic acids is 2. The van der Waals surface area contributed by atoms with E-state index < -0.39 is 17.7 Å². The first kappa shape index (κ1) is 22.6. The van der Waals surface area contributed by atoms with Crippen LogP contribution in [0.25, 0.3) is 5.76 Å². The van der Waals surface area contributed by atoms with E-state index in [1.165, 1.54) is 4.90 Å². The van der Waals surface area contributed by atoms with Crippen LogP contribution in [-0.4, -0.2) is 33.3 Å². The molecule has 6 nitrogen and oxygen atoms in total. The Labute approximate surface area is 197 Å². The van der Waals surface area contributed by atoms with Gasteiger partial charge >= 0.3 is 0 Å². The molecular formula is C26H23ClN2O4. The topological polar surface area (TPSA) is 79.7 Å². The summed E-state index contributed by atoms with van der Waals surface area (Å²) in [5, 5.41) is 11.7. The summed E-state index contributed by atoms with van der Waals surface area (Å²) >= 11 is 6.19. The standard InChI is InChI=1S/C26H23ClN2O4/c1-3-33-21-14-17(11-12-20(21)27)24(30)22-23(19-10-5-4-8-16(19)2)29(26(32)25(22)31)15-18-9-6-7-13-28-18/h4-14,23,30H,3,15H2,1-2H3/b24-22+. The minimum atomic E-state index is -0.764. The number of aromatic nitrogens is 1. The number of carbonyl (C=O) groups is 2. The van der Waals surface area contributed by atoms with E-state index >= 15 is 0 Å². The van der Waals surface area contributed by atoms with E-state index in [9.17, 15) is 14.7 Å². The van der Waals surface area contributed by atoms with Crippen LogP contribution in [0.1, 0.15) is 35.3 Å². The van der Waals surface area contributed by atoms with Crippen LogP contribution >= 0.6 is 11.6 Å². The molecule has 1 N–H and O–H groups in total. The first-order chi connectivity index (χ1) is 15.9. The molecular weight excluding hydrogens is 440 g/mol. The molecule has 0 spiro atoms. The molecule has 3 aromatic rings. The fourth-order valence-corrected chi connectivity index (χ4v) is 4.17. The van der Waals surface area contributed by atoms with Crippen LogP contribution in [0.3, 0.4) is 0 Å². The first-order valence-electron chi connectivity index (χ1n) is 10.6. The zero-order valence-electron chi connectivity index (χ0n) is 18.3. The number of nitrogens with zero attached hydrogens (tertiary/aromatic N) is 2. The second-order valence-electron chi connectivity index (χ2n) is 7.68. The van der Waals surface area contributed by atoms with Crippen LogP contribution in [0.5, 0.6) is 5.75 Å². The van der Waals surface area contributed by atoms with E-state index in [2.05, 4.69) is 4.98 Å². The van der Waals surface area contributed by atoms with Gasteiger partial charge in [-0.05, 0) is 55.3 Å². The van der Waals surface area contributed by atoms with Crippen LogP contribution < -0.4 is 4.74 Å². The third-order valence-electron chi connectivity index (χ3n) is 5.59. The van der Waals surface area contributed by atoms with Crippen molar-refractivity contribution >= 4 is 29.1 Å². The monoisotopic (exact) mass is 462 g/mol. The van der Waals surface area contributed by atoms with Crippen molar-refractivity contribution in [2.24, 2.45) is 0 Å². The second kappa shape index (κ2) is 9.46. The van der Waals surface area contributed by atoms with Gasteiger partial charge < -0.3 is 14.7 Å². The highest BCUT2D eigenvalue weighted by Crippen LogP contribution is 2.42. The molecule has 33 heavy (non-hydrogen) atoms. The lowest BCUT2D eigenvalue weighted by Crippen LogP contribution is -2.29. The van der Waals surface area contributed by atoms with Crippen LogP contribution in [0.2, 0.25) is 5.02 Å². The Kier molecular flexibility index (Phi) is 6.47. The Balaban J connectivity index is 1.88. The number of ketones is 1. The van der Waals surface area contributed by atoms with Crippen molar-refractivity contribution in [2.75, 3.05) is 6.61 Å². The van der Waals surface area contributed by atoms with Crippen molar-refractivity contribution in [3.63, 3.8) is 0 Å². The van der Waals surface area contributed by atoms with E-state index in [4.69, 9.17) is 16.3 Å². The van der Waals surface area contributed by atoms with Crippen LogP contribution in [0, 0.1) is 6.92 Å². The maximum absolute atomic E-state index is 13.2. The normalized spacial score (nSPS) is 17.4. The summed E-state index contributed by atoms with van der Waals surface area (Å²) in [5.74, 6) is -1.32. The number of rotatable bonds is 6. The highest BCUT2D eigenvalue weighted by atomic mass is 35.5. The van der Waals surface area contributed by atoms with Gasteiger partial charge in [-0.25, -0.2) is 0 Å². The van der Waals surface area contributed by atoms with E-state index in [0.29, 0.717) is 28.6 Å². The van der Waals surface area contributed by atoms with Crippen molar-refractivity contribution in [3.8, 4) is 5.75 Å². The average molecular weight is 463 g/mol. The summed E-state index contributed by atoms with van der Waals surface area (Å²) in [6, 6.07) is 16.9. The number of benzene rings is 2. The van der Waals surface area contributed by atoms with E-state index in [1.54, 1.807) is 36.5 Å². The quantitative estimate of drug-likeness (QED) is 0.314. The van der Waals surface area contributed by atoms with Crippen LogP contribution in [-0.2, 0) is 16.1 Å². The molecule has 1 unspecified atom stereocenters. The Morgan fingerprint density at radius 2 is 1.88 bits per heavy atom. The third-order valence-corrected chi connectivity index (χ3v) is 5.90. The number of likely N-dealkylation sites (tertiary alicyclic amines) is 1. The molecule has 0 aliphatic carbocycles. The fourth-order valence-electron chi connectivity index (χ4n) is 4.00. The minimum Gasteiger partial charge on any atom is -0.507 e. The van der Waals surface area contributed by atoms with Crippen molar-refractivity contribution in [3.05, 3.63) is 99.8 Å². The zero-order valence-corrected chi connectivity index (χ0v) is 19.0.